The first-order valence-electron chi connectivity index (χ1n) is 13.8. The first kappa shape index (κ1) is 22.2. The Labute approximate surface area is 235 Å². The van der Waals surface area contributed by atoms with Gasteiger partial charge < -0.3 is 14.8 Å². The Hall–Kier alpha value is -5.62. The highest BCUT2D eigenvalue weighted by molar-refractivity contribution is 6.26. The van der Waals surface area contributed by atoms with Crippen LogP contribution in [0.3, 0.4) is 0 Å². The summed E-state index contributed by atoms with van der Waals surface area (Å²) in [5.41, 5.74) is 7.80. The molecule has 0 atom stereocenters. The fourth-order valence-electron chi connectivity index (χ4n) is 6.54. The van der Waals surface area contributed by atoms with Crippen LogP contribution < -0.4 is 10.2 Å². The van der Waals surface area contributed by atoms with E-state index in [1.165, 1.54) is 32.6 Å². The molecule has 1 N–H and O–H groups in total. The minimum absolute atomic E-state index is 0.634. The van der Waals surface area contributed by atoms with E-state index in [9.17, 15) is 0 Å². The number of benzene rings is 5. The molecule has 194 valence electrons. The van der Waals surface area contributed by atoms with Gasteiger partial charge in [0.25, 0.3) is 0 Å². The zero-order valence-corrected chi connectivity index (χ0v) is 22.1. The minimum Gasteiger partial charge on any atom is -0.361 e. The highest BCUT2D eigenvalue weighted by Crippen LogP contribution is 2.44. The van der Waals surface area contributed by atoms with E-state index < -0.39 is 0 Å². The van der Waals surface area contributed by atoms with Gasteiger partial charge in [-0.25, -0.2) is 9.97 Å². The van der Waals surface area contributed by atoms with Gasteiger partial charge in [0.15, 0.2) is 11.6 Å². The number of aromatic nitrogens is 4. The van der Waals surface area contributed by atoms with Crippen LogP contribution in [0.25, 0.3) is 55.1 Å². The lowest BCUT2D eigenvalue weighted by molar-refractivity contribution is 1.03. The number of para-hydroxylation sites is 4. The highest BCUT2D eigenvalue weighted by atomic mass is 15.3. The van der Waals surface area contributed by atoms with Gasteiger partial charge in [0.1, 0.15) is 12.0 Å². The molecule has 0 radical (unpaired) electrons. The molecule has 0 unspecified atom stereocenters. The van der Waals surface area contributed by atoms with Crippen molar-refractivity contribution >= 4 is 60.8 Å². The van der Waals surface area contributed by atoms with E-state index in [2.05, 4.69) is 135 Å². The molecule has 8 aromatic rings. The third-order valence-electron chi connectivity index (χ3n) is 8.24. The largest absolute Gasteiger partial charge is 0.361 e. The van der Waals surface area contributed by atoms with Gasteiger partial charge in [-0.1, -0.05) is 78.9 Å². The second-order valence-electron chi connectivity index (χ2n) is 10.4. The molecule has 0 saturated heterocycles. The number of hydrogen-bond donors (Lipinski definition) is 1. The molecule has 6 nitrogen and oxygen atoms in total. The van der Waals surface area contributed by atoms with Gasteiger partial charge in [-0.2, -0.15) is 0 Å². The van der Waals surface area contributed by atoms with Gasteiger partial charge in [0, 0.05) is 32.9 Å². The van der Waals surface area contributed by atoms with E-state index in [0.717, 1.165) is 39.7 Å². The van der Waals surface area contributed by atoms with Crippen molar-refractivity contribution < 1.29 is 0 Å². The number of anilines is 3. The van der Waals surface area contributed by atoms with Crippen LogP contribution in [-0.2, 0) is 0 Å². The molecule has 5 aromatic carbocycles. The van der Waals surface area contributed by atoms with Crippen molar-refractivity contribution in [2.75, 3.05) is 16.9 Å². The maximum Gasteiger partial charge on any atom is 0.166 e. The minimum atomic E-state index is 0.634. The Morgan fingerprint density at radius 2 is 1.15 bits per heavy atom. The third-order valence-corrected chi connectivity index (χ3v) is 8.24. The van der Waals surface area contributed by atoms with Gasteiger partial charge in [-0.3, -0.25) is 4.57 Å². The lowest BCUT2D eigenvalue weighted by atomic mass is 10.1. The van der Waals surface area contributed by atoms with E-state index in [1.54, 1.807) is 6.33 Å². The third kappa shape index (κ3) is 3.07. The summed E-state index contributed by atoms with van der Waals surface area (Å²) in [6.45, 7) is 0.634. The van der Waals surface area contributed by atoms with Crippen molar-refractivity contribution in [2.45, 2.75) is 0 Å². The molecule has 41 heavy (non-hydrogen) atoms. The molecule has 0 fully saturated rings. The van der Waals surface area contributed by atoms with Crippen molar-refractivity contribution in [3.8, 4) is 11.5 Å². The van der Waals surface area contributed by atoms with Crippen LogP contribution in [0.5, 0.6) is 0 Å². The van der Waals surface area contributed by atoms with Crippen LogP contribution in [-0.4, -0.2) is 25.8 Å². The summed E-state index contributed by atoms with van der Waals surface area (Å²) < 4.78 is 4.70. The van der Waals surface area contributed by atoms with E-state index in [-0.39, 0.29) is 0 Å². The number of fused-ring (bicyclic) bond motifs is 8. The second-order valence-corrected chi connectivity index (χ2v) is 10.4. The average molecular weight is 529 g/mol. The Morgan fingerprint density at radius 1 is 0.512 bits per heavy atom. The Kier molecular flexibility index (Phi) is 4.57. The summed E-state index contributed by atoms with van der Waals surface area (Å²) in [5.74, 6) is 1.73. The summed E-state index contributed by atoms with van der Waals surface area (Å²) in [6, 6.07) is 42.9. The smallest absolute Gasteiger partial charge is 0.166 e. The normalized spacial score (nSPS) is 12.9. The zero-order valence-electron chi connectivity index (χ0n) is 22.1. The summed E-state index contributed by atoms with van der Waals surface area (Å²) in [5, 5.41) is 8.49. The molecule has 4 heterocycles. The first-order chi connectivity index (χ1) is 20.4. The van der Waals surface area contributed by atoms with Gasteiger partial charge in [0.2, 0.25) is 0 Å². The molecule has 0 saturated carbocycles. The van der Waals surface area contributed by atoms with Gasteiger partial charge in [0.05, 0.1) is 28.7 Å². The maximum absolute atomic E-state index is 4.88. The predicted molar refractivity (Wildman–Crippen MR) is 168 cm³/mol. The molecule has 9 rings (SSSR count). The van der Waals surface area contributed by atoms with Crippen LogP contribution in [0, 0.1) is 0 Å². The molecular weight excluding hydrogens is 504 g/mol. The van der Waals surface area contributed by atoms with E-state index >= 15 is 0 Å². The van der Waals surface area contributed by atoms with Crippen molar-refractivity contribution in [1.82, 2.24) is 19.1 Å². The monoisotopic (exact) mass is 528 g/mol. The topological polar surface area (TPSA) is 50.9 Å². The molecule has 0 aliphatic carbocycles. The van der Waals surface area contributed by atoms with Gasteiger partial charge in [-0.15, -0.1) is 0 Å². The van der Waals surface area contributed by atoms with Crippen LogP contribution >= 0.6 is 0 Å². The maximum atomic E-state index is 4.88. The van der Waals surface area contributed by atoms with Crippen molar-refractivity contribution in [3.05, 3.63) is 128 Å². The van der Waals surface area contributed by atoms with E-state index in [1.807, 2.05) is 6.07 Å². The standard InChI is InChI=1S/C35H24N6/c1-3-11-23(12-4-1)39-22-38-32-34(39)36-21-37-35(32)41-29-18-10-8-16-27(29)31-30(41)20-19-26-25-15-7-9-17-28(25)40(33(26)31)24-13-5-2-6-14-24/h1-21,38H,22H2. The van der Waals surface area contributed by atoms with Crippen molar-refractivity contribution in [3.63, 3.8) is 0 Å². The molecular formula is C35H24N6. The predicted octanol–water partition coefficient (Wildman–Crippen LogP) is 8.19. The summed E-state index contributed by atoms with van der Waals surface area (Å²) in [7, 11) is 0. The number of nitrogens with zero attached hydrogens (tertiary/aromatic N) is 5. The van der Waals surface area contributed by atoms with Crippen LogP contribution in [0.2, 0.25) is 0 Å². The van der Waals surface area contributed by atoms with Crippen LogP contribution in [0.15, 0.2) is 128 Å². The van der Waals surface area contributed by atoms with E-state index in [4.69, 9.17) is 9.97 Å². The number of rotatable bonds is 3. The van der Waals surface area contributed by atoms with Crippen LogP contribution in [0.1, 0.15) is 0 Å². The molecule has 1 aliphatic heterocycles. The lowest BCUT2D eigenvalue weighted by Gasteiger charge is -2.17. The summed E-state index contributed by atoms with van der Waals surface area (Å²) in [4.78, 5) is 11.8. The van der Waals surface area contributed by atoms with Crippen LogP contribution in [0.4, 0.5) is 17.2 Å². The SMILES string of the molecule is c1ccc(N2CNc3c2ncnc3-n2c3ccccc3c3c2ccc2c4ccccc4n(-c4ccccc4)c23)cc1. The van der Waals surface area contributed by atoms with Gasteiger partial charge >= 0.3 is 0 Å². The molecule has 3 aromatic heterocycles. The molecule has 1 aliphatic rings. The summed E-state index contributed by atoms with van der Waals surface area (Å²) >= 11 is 0. The second kappa shape index (κ2) is 8.44. The first-order valence-corrected chi connectivity index (χ1v) is 13.8. The quantitative estimate of drug-likeness (QED) is 0.251. The Morgan fingerprint density at radius 3 is 1.93 bits per heavy atom. The molecule has 0 spiro atoms. The zero-order chi connectivity index (χ0) is 26.9. The summed E-state index contributed by atoms with van der Waals surface area (Å²) in [6.07, 6.45) is 1.68. The average Bonchev–Trinajstić information content (AvgIpc) is 3.72. The highest BCUT2D eigenvalue weighted by Gasteiger charge is 2.28. The number of hydrogen-bond acceptors (Lipinski definition) is 4. The van der Waals surface area contributed by atoms with Gasteiger partial charge in [-0.05, 0) is 42.5 Å². The fourth-order valence-corrected chi connectivity index (χ4v) is 6.54. The molecule has 0 amide bonds. The molecule has 6 heteroatoms. The lowest BCUT2D eigenvalue weighted by Crippen LogP contribution is -2.16. The van der Waals surface area contributed by atoms with Crippen molar-refractivity contribution in [2.24, 2.45) is 0 Å². The Bertz CT molecular complexity index is 2260. The number of nitrogens with one attached hydrogen (secondary N) is 1. The van der Waals surface area contributed by atoms with Crippen molar-refractivity contribution in [1.29, 1.82) is 0 Å². The molecule has 0 bridgehead atoms. The fraction of sp³-hybridized carbons (Fsp3) is 0.0286. The van der Waals surface area contributed by atoms with E-state index in [0.29, 0.717) is 6.67 Å². The Balaban J connectivity index is 1.40.